The molecule has 3 heterocycles. The van der Waals surface area contributed by atoms with Crippen LogP contribution in [0, 0.1) is 5.41 Å². The van der Waals surface area contributed by atoms with Crippen molar-refractivity contribution >= 4 is 11.8 Å². The van der Waals surface area contributed by atoms with Crippen LogP contribution in [0.2, 0.25) is 0 Å². The number of rotatable bonds is 4. The van der Waals surface area contributed by atoms with Gasteiger partial charge >= 0.3 is 0 Å². The first-order valence-electron chi connectivity index (χ1n) is 8.51. The van der Waals surface area contributed by atoms with Crippen molar-refractivity contribution < 1.29 is 14.3 Å². The fourth-order valence-corrected chi connectivity index (χ4v) is 3.77. The Labute approximate surface area is 142 Å². The van der Waals surface area contributed by atoms with Gasteiger partial charge in [-0.25, -0.2) is 0 Å². The number of carbonyl (C=O) groups is 2. The number of amides is 2. The summed E-state index contributed by atoms with van der Waals surface area (Å²) in [6, 6.07) is 1.68. The molecule has 0 bridgehead atoms. The summed E-state index contributed by atoms with van der Waals surface area (Å²) in [5.41, 5.74) is 0.261. The number of piperidine rings is 2. The zero-order valence-electron chi connectivity index (χ0n) is 14.1. The Morgan fingerprint density at radius 3 is 2.71 bits per heavy atom. The van der Waals surface area contributed by atoms with E-state index < -0.39 is 0 Å². The molecule has 24 heavy (non-hydrogen) atoms. The minimum Gasteiger partial charge on any atom is -0.383 e. The topological polar surface area (TPSA) is 75.6 Å². The molecule has 2 aliphatic heterocycles. The van der Waals surface area contributed by atoms with Crippen LogP contribution in [0.4, 0.5) is 0 Å². The maximum absolute atomic E-state index is 12.9. The first-order valence-corrected chi connectivity index (χ1v) is 8.51. The molecule has 0 atom stereocenters. The highest BCUT2D eigenvalue weighted by atomic mass is 16.5. The molecule has 1 aromatic rings. The van der Waals surface area contributed by atoms with Gasteiger partial charge in [-0.1, -0.05) is 0 Å². The fourth-order valence-electron chi connectivity index (χ4n) is 3.77. The summed E-state index contributed by atoms with van der Waals surface area (Å²) in [6.45, 7) is 3.27. The Hall–Kier alpha value is -2.02. The lowest BCUT2D eigenvalue weighted by Crippen LogP contribution is -2.54. The van der Waals surface area contributed by atoms with Crippen molar-refractivity contribution in [2.75, 3.05) is 39.9 Å². The molecule has 7 heteroatoms. The lowest BCUT2D eigenvalue weighted by Gasteiger charge is -2.46. The van der Waals surface area contributed by atoms with Gasteiger partial charge in [-0.2, -0.15) is 10.2 Å². The molecule has 130 valence electrons. The molecule has 0 unspecified atom stereocenters. The second-order valence-electron chi connectivity index (χ2n) is 6.59. The van der Waals surface area contributed by atoms with E-state index in [-0.39, 0.29) is 17.2 Å². The van der Waals surface area contributed by atoms with Crippen LogP contribution in [-0.2, 0) is 9.53 Å². The van der Waals surface area contributed by atoms with Crippen LogP contribution in [0.25, 0.3) is 0 Å². The van der Waals surface area contributed by atoms with Crippen molar-refractivity contribution in [2.24, 2.45) is 5.41 Å². The Morgan fingerprint density at radius 1 is 1.25 bits per heavy atom. The highest BCUT2D eigenvalue weighted by molar-refractivity contribution is 5.94. The number of methoxy groups -OCH3 is 1. The lowest BCUT2D eigenvalue weighted by molar-refractivity contribution is -0.150. The molecule has 0 aliphatic carbocycles. The van der Waals surface area contributed by atoms with E-state index in [1.165, 1.54) is 12.4 Å². The Bertz CT molecular complexity index is 585. The monoisotopic (exact) mass is 332 g/mol. The molecule has 0 aromatic carbocycles. The largest absolute Gasteiger partial charge is 0.383 e. The molecule has 3 rings (SSSR count). The van der Waals surface area contributed by atoms with Crippen molar-refractivity contribution in [2.45, 2.75) is 25.7 Å². The van der Waals surface area contributed by atoms with E-state index in [2.05, 4.69) is 10.2 Å². The smallest absolute Gasteiger partial charge is 0.255 e. The molecule has 2 aliphatic rings. The van der Waals surface area contributed by atoms with Gasteiger partial charge in [0.1, 0.15) is 0 Å². The molecule has 0 radical (unpaired) electrons. The zero-order chi connectivity index (χ0) is 17.0. The zero-order valence-corrected chi connectivity index (χ0v) is 14.1. The van der Waals surface area contributed by atoms with Gasteiger partial charge in [-0.3, -0.25) is 9.59 Å². The summed E-state index contributed by atoms with van der Waals surface area (Å²) >= 11 is 0. The normalized spacial score (nSPS) is 20.5. The van der Waals surface area contributed by atoms with Crippen molar-refractivity contribution in [1.29, 1.82) is 0 Å². The molecule has 0 saturated carbocycles. The van der Waals surface area contributed by atoms with Crippen LogP contribution in [0.1, 0.15) is 36.0 Å². The van der Waals surface area contributed by atoms with E-state index >= 15 is 0 Å². The molecule has 0 N–H and O–H groups in total. The molecular formula is C17H24N4O3. The summed E-state index contributed by atoms with van der Waals surface area (Å²) < 4.78 is 5.11. The van der Waals surface area contributed by atoms with E-state index in [1.54, 1.807) is 13.2 Å². The first kappa shape index (κ1) is 16.8. The van der Waals surface area contributed by atoms with Crippen LogP contribution >= 0.6 is 0 Å². The molecule has 2 amide bonds. The number of hydrogen-bond acceptors (Lipinski definition) is 5. The van der Waals surface area contributed by atoms with Crippen molar-refractivity contribution in [3.63, 3.8) is 0 Å². The summed E-state index contributed by atoms with van der Waals surface area (Å²) in [5, 5.41) is 7.47. The third-order valence-corrected chi connectivity index (χ3v) is 5.23. The van der Waals surface area contributed by atoms with E-state index in [9.17, 15) is 9.59 Å². The maximum Gasteiger partial charge on any atom is 0.255 e. The number of aromatic nitrogens is 2. The van der Waals surface area contributed by atoms with Gasteiger partial charge < -0.3 is 14.5 Å². The Morgan fingerprint density at radius 2 is 2.04 bits per heavy atom. The standard InChI is InChI=1S/C17H24N4O3/c1-24-12-11-21-8-2-4-17(16(21)23)5-9-20(10-6-17)15(22)14-3-7-18-19-13-14/h3,7,13H,2,4-6,8-12H2,1H3. The molecule has 2 saturated heterocycles. The Balaban J connectivity index is 1.63. The van der Waals surface area contributed by atoms with Gasteiger partial charge in [-0.15, -0.1) is 0 Å². The second kappa shape index (κ2) is 7.25. The third-order valence-electron chi connectivity index (χ3n) is 5.23. The third kappa shape index (κ3) is 3.26. The number of likely N-dealkylation sites (tertiary alicyclic amines) is 2. The van der Waals surface area contributed by atoms with Gasteiger partial charge in [0, 0.05) is 33.3 Å². The number of nitrogens with zero attached hydrogens (tertiary/aromatic N) is 4. The van der Waals surface area contributed by atoms with Crippen molar-refractivity contribution in [1.82, 2.24) is 20.0 Å². The van der Waals surface area contributed by atoms with E-state index in [0.717, 1.165) is 32.2 Å². The first-order chi connectivity index (χ1) is 11.7. The van der Waals surface area contributed by atoms with Crippen LogP contribution in [0.15, 0.2) is 18.5 Å². The van der Waals surface area contributed by atoms with Gasteiger partial charge in [0.25, 0.3) is 5.91 Å². The fraction of sp³-hybridized carbons (Fsp3) is 0.647. The Kier molecular flexibility index (Phi) is 5.08. The molecule has 7 nitrogen and oxygen atoms in total. The summed E-state index contributed by atoms with van der Waals surface area (Å²) in [6.07, 6.45) is 6.44. The van der Waals surface area contributed by atoms with Crippen LogP contribution < -0.4 is 0 Å². The summed E-state index contributed by atoms with van der Waals surface area (Å²) in [5.74, 6) is 0.211. The lowest BCUT2D eigenvalue weighted by atomic mass is 9.71. The van der Waals surface area contributed by atoms with Crippen LogP contribution in [0.5, 0.6) is 0 Å². The molecular weight excluding hydrogens is 308 g/mol. The highest BCUT2D eigenvalue weighted by Gasteiger charge is 2.46. The number of hydrogen-bond donors (Lipinski definition) is 0. The average Bonchev–Trinajstić information content (AvgIpc) is 2.64. The van der Waals surface area contributed by atoms with Gasteiger partial charge in [-0.05, 0) is 31.7 Å². The van der Waals surface area contributed by atoms with E-state index in [1.807, 2.05) is 9.80 Å². The predicted octanol–water partition coefficient (Wildman–Crippen LogP) is 0.968. The van der Waals surface area contributed by atoms with Gasteiger partial charge in [0.15, 0.2) is 0 Å². The van der Waals surface area contributed by atoms with Crippen LogP contribution in [0.3, 0.4) is 0 Å². The number of carbonyl (C=O) groups excluding carboxylic acids is 2. The second-order valence-corrected chi connectivity index (χ2v) is 6.59. The van der Waals surface area contributed by atoms with Crippen LogP contribution in [-0.4, -0.2) is 71.7 Å². The van der Waals surface area contributed by atoms with Gasteiger partial charge in [0.05, 0.1) is 30.0 Å². The van der Waals surface area contributed by atoms with Crippen molar-refractivity contribution in [3.05, 3.63) is 24.0 Å². The molecule has 1 spiro atoms. The molecule has 2 fully saturated rings. The average molecular weight is 332 g/mol. The van der Waals surface area contributed by atoms with E-state index in [4.69, 9.17) is 4.74 Å². The van der Waals surface area contributed by atoms with Gasteiger partial charge in [0.2, 0.25) is 5.91 Å². The van der Waals surface area contributed by atoms with Crippen molar-refractivity contribution in [3.8, 4) is 0 Å². The SMILES string of the molecule is COCCN1CCCC2(CCN(C(=O)c3ccnnc3)CC2)C1=O. The minimum absolute atomic E-state index is 0.0285. The minimum atomic E-state index is -0.292. The highest BCUT2D eigenvalue weighted by Crippen LogP contribution is 2.41. The summed E-state index contributed by atoms with van der Waals surface area (Å²) in [4.78, 5) is 29.2. The summed E-state index contributed by atoms with van der Waals surface area (Å²) in [7, 11) is 1.66. The molecule has 1 aromatic heterocycles. The van der Waals surface area contributed by atoms with E-state index in [0.29, 0.717) is 31.8 Å². The predicted molar refractivity (Wildman–Crippen MR) is 87.3 cm³/mol. The quantitative estimate of drug-likeness (QED) is 0.821. The maximum atomic E-state index is 12.9. The number of ether oxygens (including phenoxy) is 1.